The first-order valence-electron chi connectivity index (χ1n) is 18.4. The summed E-state index contributed by atoms with van der Waals surface area (Å²) in [7, 11) is 1.20. The molecule has 56 heavy (non-hydrogen) atoms. The van der Waals surface area contributed by atoms with Crippen molar-refractivity contribution in [2.45, 2.75) is 82.6 Å². The van der Waals surface area contributed by atoms with Crippen LogP contribution >= 0.6 is 0 Å². The number of alkyl carbamates (subject to hydrolysis) is 1. The number of rotatable bonds is 17. The van der Waals surface area contributed by atoms with Gasteiger partial charge in [0.25, 0.3) is 0 Å². The summed E-state index contributed by atoms with van der Waals surface area (Å²) in [4.78, 5) is 79.8. The Morgan fingerprint density at radius 2 is 1.09 bits per heavy atom. The van der Waals surface area contributed by atoms with E-state index >= 15 is 0 Å². The van der Waals surface area contributed by atoms with Crippen LogP contribution in [0.2, 0.25) is 0 Å². The molecule has 0 bridgehead atoms. The minimum absolute atomic E-state index is 0.0656. The highest BCUT2D eigenvalue weighted by Crippen LogP contribution is 2.37. The maximum atomic E-state index is 14.4. The lowest BCUT2D eigenvalue weighted by Gasteiger charge is -2.37. The lowest BCUT2D eigenvalue weighted by molar-refractivity contribution is -0.144. The Kier molecular flexibility index (Phi) is 15.0. The lowest BCUT2D eigenvalue weighted by Crippen LogP contribution is -2.55. The first-order chi connectivity index (χ1) is 26.7. The van der Waals surface area contributed by atoms with E-state index < -0.39 is 71.3 Å². The second kappa shape index (κ2) is 19.9. The molecule has 4 rings (SSSR count). The van der Waals surface area contributed by atoms with Gasteiger partial charge in [-0.05, 0) is 56.4 Å². The third kappa shape index (κ3) is 12.1. The highest BCUT2D eigenvalue weighted by Gasteiger charge is 2.39. The summed E-state index contributed by atoms with van der Waals surface area (Å²) in [6.07, 6.45) is -1.93. The molecule has 12 nitrogen and oxygen atoms in total. The molecule has 0 heterocycles. The molecular weight excluding hydrogens is 713 g/mol. The SMILES string of the molecule is COC(=O)[C@H](C)NC(=O)CCC(=O)[C@H](Cc1ccccc1)NC(=O)[C@H](CC(=O)NC(c1ccccc1)(c1ccccc1)c1ccccc1)NC(=O)OC(C)(C)C. The van der Waals surface area contributed by atoms with Gasteiger partial charge < -0.3 is 30.7 Å². The molecule has 3 atom stereocenters. The van der Waals surface area contributed by atoms with Gasteiger partial charge in [0.05, 0.1) is 19.6 Å². The molecule has 0 radical (unpaired) electrons. The van der Waals surface area contributed by atoms with Crippen LogP contribution in [0.1, 0.15) is 69.2 Å². The van der Waals surface area contributed by atoms with Crippen molar-refractivity contribution < 1.29 is 38.2 Å². The molecule has 0 aliphatic heterocycles. The van der Waals surface area contributed by atoms with Crippen molar-refractivity contribution >= 4 is 35.6 Å². The fraction of sp³-hybridized carbons (Fsp3) is 0.318. The summed E-state index contributed by atoms with van der Waals surface area (Å²) in [6.45, 7) is 6.46. The van der Waals surface area contributed by atoms with E-state index in [9.17, 15) is 28.8 Å². The fourth-order valence-electron chi connectivity index (χ4n) is 6.21. The van der Waals surface area contributed by atoms with Crippen molar-refractivity contribution in [3.05, 3.63) is 144 Å². The molecule has 0 unspecified atom stereocenters. The van der Waals surface area contributed by atoms with Gasteiger partial charge >= 0.3 is 12.1 Å². The first kappa shape index (κ1) is 42.4. The van der Waals surface area contributed by atoms with E-state index in [1.54, 1.807) is 45.0 Å². The zero-order valence-corrected chi connectivity index (χ0v) is 32.4. The third-order valence-electron chi connectivity index (χ3n) is 8.86. The summed E-state index contributed by atoms with van der Waals surface area (Å²) < 4.78 is 10.1. The smallest absolute Gasteiger partial charge is 0.408 e. The lowest BCUT2D eigenvalue weighted by atomic mass is 9.77. The summed E-state index contributed by atoms with van der Waals surface area (Å²) in [6, 6.07) is 33.7. The fourth-order valence-corrected chi connectivity index (χ4v) is 6.21. The van der Waals surface area contributed by atoms with Crippen LogP contribution in [-0.4, -0.2) is 66.4 Å². The summed E-state index contributed by atoms with van der Waals surface area (Å²) in [5, 5.41) is 11.0. The van der Waals surface area contributed by atoms with Crippen molar-refractivity contribution in [3.63, 3.8) is 0 Å². The molecule has 0 aliphatic carbocycles. The van der Waals surface area contributed by atoms with Crippen LogP contribution in [0.25, 0.3) is 0 Å². The number of ether oxygens (including phenoxy) is 2. The number of hydrogen-bond donors (Lipinski definition) is 4. The first-order valence-corrected chi connectivity index (χ1v) is 18.4. The number of amides is 4. The number of benzene rings is 4. The van der Waals surface area contributed by atoms with Crippen molar-refractivity contribution in [2.75, 3.05) is 7.11 Å². The molecule has 0 saturated carbocycles. The minimum Gasteiger partial charge on any atom is -0.467 e. The minimum atomic E-state index is -1.49. The van der Waals surface area contributed by atoms with E-state index in [1.165, 1.54) is 14.0 Å². The van der Waals surface area contributed by atoms with E-state index in [2.05, 4.69) is 26.0 Å². The Hall–Kier alpha value is -6.30. The predicted molar refractivity (Wildman–Crippen MR) is 211 cm³/mol. The number of Topliss-reactive ketones (excluding diaryl/α,β-unsaturated/α-hetero) is 1. The molecule has 294 valence electrons. The van der Waals surface area contributed by atoms with Crippen molar-refractivity contribution in [1.29, 1.82) is 0 Å². The number of nitrogens with one attached hydrogen (secondary N) is 4. The van der Waals surface area contributed by atoms with Gasteiger partial charge in [0.1, 0.15) is 23.2 Å². The van der Waals surface area contributed by atoms with E-state index in [0.29, 0.717) is 0 Å². The number of carbonyl (C=O) groups is 6. The molecule has 4 amide bonds. The van der Waals surface area contributed by atoms with Crippen LogP contribution in [0.15, 0.2) is 121 Å². The number of ketones is 1. The number of esters is 1. The van der Waals surface area contributed by atoms with Gasteiger partial charge in [-0.15, -0.1) is 0 Å². The topological polar surface area (TPSA) is 169 Å². The van der Waals surface area contributed by atoms with Gasteiger partial charge in [0.2, 0.25) is 17.7 Å². The Balaban J connectivity index is 1.65. The normalized spacial score (nSPS) is 12.9. The van der Waals surface area contributed by atoms with Gasteiger partial charge in [0.15, 0.2) is 5.78 Å². The largest absolute Gasteiger partial charge is 0.467 e. The van der Waals surface area contributed by atoms with Crippen LogP contribution < -0.4 is 21.3 Å². The van der Waals surface area contributed by atoms with Crippen molar-refractivity contribution in [3.8, 4) is 0 Å². The van der Waals surface area contributed by atoms with Gasteiger partial charge in [-0.2, -0.15) is 0 Å². The van der Waals surface area contributed by atoms with E-state index in [1.807, 2.05) is 97.1 Å². The van der Waals surface area contributed by atoms with Crippen LogP contribution in [0.4, 0.5) is 4.79 Å². The van der Waals surface area contributed by atoms with E-state index in [4.69, 9.17) is 4.74 Å². The van der Waals surface area contributed by atoms with Gasteiger partial charge in [0, 0.05) is 12.8 Å². The third-order valence-corrected chi connectivity index (χ3v) is 8.86. The second-order valence-electron chi connectivity index (χ2n) is 14.3. The molecule has 4 aromatic carbocycles. The zero-order valence-electron chi connectivity index (χ0n) is 32.4. The average Bonchev–Trinajstić information content (AvgIpc) is 3.18. The average molecular weight is 763 g/mol. The standard InChI is InChI=1S/C44H50N4O8/c1-30(41(53)55-5)45-38(50)27-26-37(49)35(28-31-18-10-6-11-19-31)46-40(52)36(47-42(54)56-43(2,3)4)29-39(51)48-44(32-20-12-7-13-21-32,33-22-14-8-15-23-33)34-24-16-9-17-25-34/h6-25,30,35-36H,26-29H2,1-5H3,(H,45,50)(H,46,52)(H,47,54)(H,48,51)/t30-,35-,36-/m0/s1. The highest BCUT2D eigenvalue weighted by atomic mass is 16.6. The van der Waals surface area contributed by atoms with Crippen LogP contribution in [0.3, 0.4) is 0 Å². The molecule has 0 fully saturated rings. The van der Waals surface area contributed by atoms with Crippen LogP contribution in [0.5, 0.6) is 0 Å². The molecule has 0 aliphatic rings. The molecular formula is C44H50N4O8. The van der Waals surface area contributed by atoms with Crippen LogP contribution in [0, 0.1) is 0 Å². The Morgan fingerprint density at radius 1 is 0.607 bits per heavy atom. The van der Waals surface area contributed by atoms with Gasteiger partial charge in [-0.1, -0.05) is 121 Å². The Morgan fingerprint density at radius 3 is 1.55 bits per heavy atom. The van der Waals surface area contributed by atoms with Gasteiger partial charge in [-0.25, -0.2) is 9.59 Å². The number of carbonyl (C=O) groups excluding carboxylic acids is 6. The van der Waals surface area contributed by atoms with Crippen LogP contribution in [-0.2, 0) is 45.4 Å². The summed E-state index contributed by atoms with van der Waals surface area (Å²) in [5.74, 6) is -3.06. The number of methoxy groups -OCH3 is 1. The molecule has 0 saturated heterocycles. The molecule has 0 aromatic heterocycles. The summed E-state index contributed by atoms with van der Waals surface area (Å²) in [5.41, 5.74) is 0.864. The predicted octanol–water partition coefficient (Wildman–Crippen LogP) is 5.13. The maximum Gasteiger partial charge on any atom is 0.408 e. The summed E-state index contributed by atoms with van der Waals surface area (Å²) >= 11 is 0. The molecule has 4 N–H and O–H groups in total. The Bertz CT molecular complexity index is 1840. The highest BCUT2D eigenvalue weighted by molar-refractivity contribution is 5.96. The monoisotopic (exact) mass is 762 g/mol. The van der Waals surface area contributed by atoms with Crippen molar-refractivity contribution in [2.24, 2.45) is 0 Å². The molecule has 0 spiro atoms. The zero-order chi connectivity index (χ0) is 40.7. The van der Waals surface area contributed by atoms with Crippen molar-refractivity contribution in [1.82, 2.24) is 21.3 Å². The molecule has 4 aromatic rings. The van der Waals surface area contributed by atoms with E-state index in [0.717, 1.165) is 22.3 Å². The maximum absolute atomic E-state index is 14.4. The molecule has 12 heteroatoms. The number of hydrogen-bond acceptors (Lipinski definition) is 8. The second-order valence-corrected chi connectivity index (χ2v) is 14.3. The quantitative estimate of drug-likeness (QED) is 0.0848. The Labute approximate surface area is 327 Å². The van der Waals surface area contributed by atoms with Gasteiger partial charge in [-0.3, -0.25) is 19.2 Å². The van der Waals surface area contributed by atoms with E-state index in [-0.39, 0.29) is 19.3 Å².